The third-order valence-electron chi connectivity index (χ3n) is 11.5. The van der Waals surface area contributed by atoms with Gasteiger partial charge in [0.25, 0.3) is 0 Å². The average Bonchev–Trinajstić information content (AvgIpc) is 3.26. The first-order chi connectivity index (χ1) is 31.0. The Labute approximate surface area is 434 Å². The van der Waals surface area contributed by atoms with E-state index in [4.69, 9.17) is 18.9 Å². The molecule has 0 aliphatic carbocycles. The molecular formula is C54H86BaO10. The van der Waals surface area contributed by atoms with Crippen LogP contribution in [-0.2, 0) is 51.3 Å². The largest absolute Gasteiger partial charge is 2.00 e. The molecule has 0 saturated carbocycles. The van der Waals surface area contributed by atoms with Gasteiger partial charge in [-0.25, -0.2) is 0 Å². The van der Waals surface area contributed by atoms with Gasteiger partial charge < -0.3 is 38.7 Å². The van der Waals surface area contributed by atoms with Crippen molar-refractivity contribution in [3.63, 3.8) is 0 Å². The molecule has 0 heterocycles. The number of carbonyl (C=O) groups excluding carboxylic acids is 4. The summed E-state index contributed by atoms with van der Waals surface area (Å²) < 4.78 is 22.7. The molecule has 4 unspecified atom stereocenters. The molecule has 0 aliphatic rings. The van der Waals surface area contributed by atoms with Crippen LogP contribution >= 0.6 is 0 Å². The maximum Gasteiger partial charge on any atom is 2.00 e. The molecule has 0 saturated heterocycles. The molecule has 0 radical (unpaired) electrons. The van der Waals surface area contributed by atoms with Gasteiger partial charge in [-0.3, -0.25) is 9.59 Å². The summed E-state index contributed by atoms with van der Waals surface area (Å²) in [7, 11) is 0. The summed E-state index contributed by atoms with van der Waals surface area (Å²) in [5.74, 6) is -2.36. The molecule has 4 atom stereocenters. The molecule has 0 fully saturated rings. The number of carboxylic acid groups (broad SMARTS) is 2. The van der Waals surface area contributed by atoms with Crippen molar-refractivity contribution in [2.45, 2.75) is 245 Å². The minimum atomic E-state index is -1.01. The maximum absolute atomic E-state index is 11.1. The van der Waals surface area contributed by atoms with Crippen LogP contribution in [0.1, 0.15) is 219 Å². The number of rotatable bonds is 40. The number of esters is 2. The van der Waals surface area contributed by atoms with Crippen LogP contribution in [0.15, 0.2) is 60.7 Å². The number of ether oxygens (including phenoxy) is 4. The van der Waals surface area contributed by atoms with Gasteiger partial charge in [0.1, 0.15) is 12.2 Å². The number of benzene rings is 2. The molecule has 364 valence electrons. The van der Waals surface area contributed by atoms with E-state index >= 15 is 0 Å². The summed E-state index contributed by atoms with van der Waals surface area (Å²) in [6.07, 6.45) is 27.9. The van der Waals surface area contributed by atoms with Crippen molar-refractivity contribution in [1.82, 2.24) is 0 Å². The topological polar surface area (TPSA) is 151 Å². The Kier molecular flexibility index (Phi) is 42.8. The molecule has 0 spiro atoms. The Morgan fingerprint density at radius 2 is 0.692 bits per heavy atom. The second-order valence-electron chi connectivity index (χ2n) is 17.5. The number of unbranched alkanes of at least 4 members (excludes halogenated alkanes) is 14. The zero-order valence-electron chi connectivity index (χ0n) is 41.1. The fourth-order valence-corrected chi connectivity index (χ4v) is 8.00. The van der Waals surface area contributed by atoms with Crippen molar-refractivity contribution in [1.29, 1.82) is 0 Å². The average molecular weight is 1030 g/mol. The van der Waals surface area contributed by atoms with Gasteiger partial charge >= 0.3 is 60.8 Å². The summed E-state index contributed by atoms with van der Waals surface area (Å²) >= 11 is 0. The van der Waals surface area contributed by atoms with E-state index in [9.17, 15) is 29.4 Å². The molecule has 2 rings (SSSR count). The monoisotopic (exact) mass is 1030 g/mol. The minimum absolute atomic E-state index is 0. The fourth-order valence-electron chi connectivity index (χ4n) is 8.00. The number of carboxylic acids is 2. The quantitative estimate of drug-likeness (QED) is 0.0358. The Bertz CT molecular complexity index is 1320. The zero-order chi connectivity index (χ0) is 46.9. The molecule has 2 aromatic rings. The molecule has 2 aromatic carbocycles. The number of aliphatic carboxylic acids is 2. The normalized spacial score (nSPS) is 12.7. The molecule has 0 bridgehead atoms. The first kappa shape index (κ1) is 62.8. The minimum Gasteiger partial charge on any atom is -0.550 e. The van der Waals surface area contributed by atoms with Crippen LogP contribution in [-0.4, -0.2) is 97.2 Å². The van der Waals surface area contributed by atoms with Crippen molar-refractivity contribution < 1.29 is 48.3 Å². The Hall–Kier alpha value is -2.19. The van der Waals surface area contributed by atoms with Gasteiger partial charge in [0.15, 0.2) is 0 Å². The second-order valence-corrected chi connectivity index (χ2v) is 17.5. The van der Waals surface area contributed by atoms with E-state index in [1.54, 1.807) is 0 Å². The predicted octanol–water partition coefficient (Wildman–Crippen LogP) is 11.1. The van der Waals surface area contributed by atoms with E-state index in [0.717, 1.165) is 101 Å². The molecule has 65 heavy (non-hydrogen) atoms. The Morgan fingerprint density at radius 1 is 0.415 bits per heavy atom. The molecule has 10 nitrogen and oxygen atoms in total. The van der Waals surface area contributed by atoms with Gasteiger partial charge in [-0.05, 0) is 88.2 Å². The number of hydrogen-bond acceptors (Lipinski definition) is 10. The molecule has 0 aromatic heterocycles. The molecule has 0 aliphatic heterocycles. The summed E-state index contributed by atoms with van der Waals surface area (Å²) in [5.41, 5.74) is 2.22. The molecular weight excluding hydrogens is 946 g/mol. The van der Waals surface area contributed by atoms with Gasteiger partial charge in [-0.1, -0.05) is 177 Å². The van der Waals surface area contributed by atoms with Crippen LogP contribution < -0.4 is 10.2 Å². The van der Waals surface area contributed by atoms with Gasteiger partial charge in [0.05, 0.1) is 25.4 Å². The van der Waals surface area contributed by atoms with Gasteiger partial charge in [-0.15, -0.1) is 0 Å². The van der Waals surface area contributed by atoms with E-state index in [1.165, 1.54) is 78.1 Å². The van der Waals surface area contributed by atoms with Crippen molar-refractivity contribution in [3.05, 3.63) is 71.8 Å². The Morgan fingerprint density at radius 3 is 0.954 bits per heavy atom. The van der Waals surface area contributed by atoms with Crippen molar-refractivity contribution in [2.75, 3.05) is 0 Å². The van der Waals surface area contributed by atoms with Crippen molar-refractivity contribution in [3.8, 4) is 0 Å². The van der Waals surface area contributed by atoms with Gasteiger partial charge in [-0.2, -0.15) is 0 Å². The van der Waals surface area contributed by atoms with Crippen molar-refractivity contribution >= 4 is 72.8 Å². The molecule has 0 amide bonds. The smallest absolute Gasteiger partial charge is 0.550 e. The van der Waals surface area contributed by atoms with Crippen LogP contribution in [0.2, 0.25) is 0 Å². The summed E-state index contributed by atoms with van der Waals surface area (Å²) in [4.78, 5) is 43.9. The number of carbonyl (C=O) groups is 4. The molecule has 0 N–H and O–H groups in total. The zero-order valence-corrected chi connectivity index (χ0v) is 45.5. The van der Waals surface area contributed by atoms with E-state index in [2.05, 4.69) is 13.8 Å². The predicted molar refractivity (Wildman–Crippen MR) is 258 cm³/mol. The van der Waals surface area contributed by atoms with E-state index in [1.807, 2.05) is 60.7 Å². The fraction of sp³-hybridized carbons (Fsp3) is 0.704. The third-order valence-corrected chi connectivity index (χ3v) is 11.5. The summed E-state index contributed by atoms with van der Waals surface area (Å²) in [5, 5.41) is 21.7. The summed E-state index contributed by atoms with van der Waals surface area (Å²) in [6, 6.07) is 20.0. The van der Waals surface area contributed by atoms with Crippen LogP contribution in [0, 0.1) is 0 Å². The molecule has 11 heteroatoms. The Balaban J connectivity index is 0.00000124. The van der Waals surface area contributed by atoms with Crippen LogP contribution in [0.25, 0.3) is 0 Å². The van der Waals surface area contributed by atoms with Gasteiger partial charge in [0, 0.05) is 25.8 Å². The standard InChI is InChI=1S/2C27H44O5.Ba/c2*1-3-15-26(32-23(2)28)19-14-9-7-5-4-6-8-13-18-25(20-21-27(29)30)31-22-24-16-11-10-12-17-24;/h2*10-12,16-17,25-26H,3-9,13-15,18-22H2,1-2H3,(H,29,30);/q;;+2/p-2. The maximum atomic E-state index is 11.1. The van der Waals surface area contributed by atoms with Gasteiger partial charge in [0.2, 0.25) is 0 Å². The second kappa shape index (κ2) is 44.3. The third kappa shape index (κ3) is 40.6. The summed E-state index contributed by atoms with van der Waals surface area (Å²) in [6.45, 7) is 8.27. The van der Waals surface area contributed by atoms with Crippen LogP contribution in [0.4, 0.5) is 0 Å². The van der Waals surface area contributed by atoms with E-state index < -0.39 is 11.9 Å². The first-order valence-corrected chi connectivity index (χ1v) is 25.1. The van der Waals surface area contributed by atoms with E-state index in [-0.39, 0.29) is 98.1 Å². The SMILES string of the molecule is CCCC(CCCCCCCCCCC(CCC(=O)[O-])OCc1ccccc1)OC(C)=O.CCCC(CCCCCCCCCCC(CCC(=O)[O-])OCc1ccccc1)OC(C)=O.[Ba+2]. The number of hydrogen-bond donors (Lipinski definition) is 0. The van der Waals surface area contributed by atoms with Crippen molar-refractivity contribution in [2.24, 2.45) is 0 Å². The van der Waals surface area contributed by atoms with Crippen LogP contribution in [0.5, 0.6) is 0 Å². The first-order valence-electron chi connectivity index (χ1n) is 25.1. The van der Waals surface area contributed by atoms with E-state index in [0.29, 0.717) is 26.1 Å². The van der Waals surface area contributed by atoms with Crippen LogP contribution in [0.3, 0.4) is 0 Å².